The van der Waals surface area contributed by atoms with E-state index in [1.165, 1.54) is 42.7 Å². The number of anilines is 5. The Labute approximate surface area is 597 Å². The van der Waals surface area contributed by atoms with Crippen molar-refractivity contribution in [2.75, 3.05) is 60.0 Å². The molecule has 0 atom stereocenters. The lowest BCUT2D eigenvalue weighted by Crippen LogP contribution is -2.33. The van der Waals surface area contributed by atoms with Gasteiger partial charge in [0.25, 0.3) is 31.9 Å². The Morgan fingerprint density at radius 1 is 0.553 bits per heavy atom. The number of nitrogens with zero attached hydrogens (tertiary/aromatic N) is 2. The number of unbranched alkanes of at least 4 members (excludes halogenated alkanes) is 2. The van der Waals surface area contributed by atoms with Gasteiger partial charge in [-0.1, -0.05) is 54.6 Å². The molecule has 546 valence electrons. The van der Waals surface area contributed by atoms with Crippen LogP contribution in [-0.4, -0.2) is 112 Å². The number of nitrogens with one attached hydrogen (secondary N) is 6. The van der Waals surface area contributed by atoms with E-state index in [0.29, 0.717) is 116 Å². The van der Waals surface area contributed by atoms with Crippen LogP contribution >= 0.6 is 0 Å². The van der Waals surface area contributed by atoms with Crippen molar-refractivity contribution >= 4 is 84.5 Å². The van der Waals surface area contributed by atoms with Crippen molar-refractivity contribution in [2.24, 2.45) is 0 Å². The maximum Gasteiger partial charge on any atom is 0.407 e. The number of carbonyl (C=O) groups excluding carboxylic acids is 5. The fourth-order valence-electron chi connectivity index (χ4n) is 10.6. The maximum absolute atomic E-state index is 15.5. The summed E-state index contributed by atoms with van der Waals surface area (Å²) < 4.78 is 113. The summed E-state index contributed by atoms with van der Waals surface area (Å²) in [6, 6.07) is 34.2. The molecule has 0 spiro atoms. The number of hydrogen-bond donors (Lipinski definition) is 10. The molecule has 10 rings (SSSR count). The Balaban J connectivity index is 0.000000243. The number of alkyl carbamates (subject to hydrolysis) is 2. The van der Waals surface area contributed by atoms with Gasteiger partial charge in [0, 0.05) is 114 Å². The number of carboxylic acids is 1. The number of nitrogen functional groups attached to an aromatic ring is 3. The summed E-state index contributed by atoms with van der Waals surface area (Å²) in [5.41, 5.74) is 25.2. The molecule has 0 aliphatic carbocycles. The highest BCUT2D eigenvalue weighted by Crippen LogP contribution is 2.36. The molecule has 2 aromatic heterocycles. The van der Waals surface area contributed by atoms with Crippen molar-refractivity contribution in [3.8, 4) is 44.5 Å². The average molecular weight is 1460 g/mol. The van der Waals surface area contributed by atoms with Gasteiger partial charge in [0.1, 0.15) is 40.3 Å². The summed E-state index contributed by atoms with van der Waals surface area (Å²) in [4.78, 5) is 77.8. The largest absolute Gasteiger partial charge is 0.481 e. The highest BCUT2D eigenvalue weighted by atomic mass is 32.2. The van der Waals surface area contributed by atoms with E-state index in [1.54, 1.807) is 120 Å². The van der Waals surface area contributed by atoms with E-state index < -0.39 is 68.2 Å². The van der Waals surface area contributed by atoms with Gasteiger partial charge in [0.2, 0.25) is 0 Å². The third kappa shape index (κ3) is 23.5. The van der Waals surface area contributed by atoms with Crippen LogP contribution in [0.4, 0.5) is 51.5 Å². The molecule has 8 aromatic rings. The minimum Gasteiger partial charge on any atom is -0.481 e. The van der Waals surface area contributed by atoms with E-state index in [-0.39, 0.29) is 74.4 Å². The van der Waals surface area contributed by atoms with Gasteiger partial charge >= 0.3 is 18.2 Å². The monoisotopic (exact) mass is 1460 g/mol. The quantitative estimate of drug-likeness (QED) is 0.0222. The van der Waals surface area contributed by atoms with Gasteiger partial charge in [-0.3, -0.25) is 33.0 Å². The highest BCUT2D eigenvalue weighted by Gasteiger charge is 2.25. The number of hydrogen-bond acceptors (Lipinski definition) is 17. The number of ether oxygens (including phenoxy) is 2. The van der Waals surface area contributed by atoms with Crippen LogP contribution in [0.15, 0.2) is 156 Å². The normalized spacial score (nSPS) is 12.6. The first-order chi connectivity index (χ1) is 49.1. The zero-order valence-electron chi connectivity index (χ0n) is 58.7. The molecule has 2 aliphatic heterocycles. The van der Waals surface area contributed by atoms with Crippen LogP contribution < -0.4 is 47.9 Å². The lowest BCUT2D eigenvalue weighted by Gasteiger charge is -2.19. The van der Waals surface area contributed by atoms with Crippen LogP contribution in [0.25, 0.3) is 44.5 Å². The third-order valence-electron chi connectivity index (χ3n) is 15.4. The Morgan fingerprint density at radius 2 is 0.981 bits per heavy atom. The fourth-order valence-corrected chi connectivity index (χ4v) is 12.8. The fraction of sp³-hybridized carbons (Fsp3) is 0.297. The molecule has 6 aromatic carbocycles. The van der Waals surface area contributed by atoms with Crippen LogP contribution in [0.3, 0.4) is 0 Å². The predicted octanol–water partition coefficient (Wildman–Crippen LogP) is 12.2. The Kier molecular flexibility index (Phi) is 26.8. The number of halogens is 3. The van der Waals surface area contributed by atoms with E-state index in [4.69, 9.17) is 33.2 Å². The number of carboxylic acid groups (broad SMARTS) is 1. The van der Waals surface area contributed by atoms with E-state index in [9.17, 15) is 50.0 Å². The predicted molar refractivity (Wildman–Crippen MR) is 390 cm³/mol. The van der Waals surface area contributed by atoms with Crippen molar-refractivity contribution in [3.63, 3.8) is 0 Å². The molecule has 13 N–H and O–H groups in total. The second-order valence-electron chi connectivity index (χ2n) is 25.8. The third-order valence-corrected chi connectivity index (χ3v) is 18.2. The number of sulfonamides is 2. The number of benzene rings is 6. The Hall–Kier alpha value is -11.1. The zero-order valence-corrected chi connectivity index (χ0v) is 59.3. The SMILES string of the molecule is CC(C)(C)OC(=O)NCCCCC(=O)Cc1cccc(NS(=O)(=O)c2ccc(-c3cnc(N)c(-c4ccc5c(c4)CCNC5=O)c3)c(F)c2)c1.CC(C)(C)OC(=O)NCCCCC(=O)O.Nc1cccc(NS(=O)(=O)c2ccc(-c3cnc(N)c(-c4ccc5c(c4)CCNC5=O)c3)c(F)c2)c1.[2H]CF. The van der Waals surface area contributed by atoms with Crippen molar-refractivity contribution in [3.05, 3.63) is 185 Å². The Bertz CT molecular complexity index is 4690. The standard InChI is InChI=1S/C37H40FN5O6S.C26H22FN5O3S.C10H19NO4.CH3F/c1-37(2,3)49-36(46)41-15-5-4-9-28(44)18-23-7-6-8-27(17-23)43-50(47,48)29-11-13-30(33(38)21-29)26-20-32(34(39)42-22-26)24-10-12-31-25(19-24)14-16-40-35(31)45;27-24-13-20(36(34,35)32-19-3-1-2-18(28)12-19)5-7-21(24)17-11-23(25(29)31-14-17)15-4-6-22-16(10-15)8-9-30-26(22)33;1-10(2,3)15-9(14)11-7-5-4-6-8(12)13;1-2/h6-8,10-13,17,19-22,43H,4-5,9,14-16,18H2,1-3H3,(H2,39,42)(H,40,45)(H,41,46);1-7,10-14,32H,8-9,28H2,(H2,29,31)(H,30,33);4-7H2,1-3H3,(H,11,14)(H,12,13);1H3/i;;;1D. The van der Waals surface area contributed by atoms with Gasteiger partial charge in [-0.15, -0.1) is 0 Å². The number of ketones is 1. The van der Waals surface area contributed by atoms with Crippen LogP contribution in [0.2, 0.25) is 0 Å². The molecule has 29 heteroatoms. The molecular formula is C74H84F3N11O13S2. The van der Waals surface area contributed by atoms with Gasteiger partial charge in [0.05, 0.1) is 24.0 Å². The van der Waals surface area contributed by atoms with Gasteiger partial charge in [-0.2, -0.15) is 0 Å². The molecule has 4 heterocycles. The van der Waals surface area contributed by atoms with Gasteiger partial charge in [-0.05, 0) is 187 Å². The van der Waals surface area contributed by atoms with Crippen LogP contribution in [0.5, 0.6) is 0 Å². The van der Waals surface area contributed by atoms with Crippen molar-refractivity contribution in [1.29, 1.82) is 0 Å². The first kappa shape index (κ1) is 77.7. The molecular weight excluding hydrogens is 1370 g/mol. The number of nitrogens with two attached hydrogens (primary N) is 3. The highest BCUT2D eigenvalue weighted by molar-refractivity contribution is 7.93. The van der Waals surface area contributed by atoms with Crippen LogP contribution in [0, 0.1) is 11.6 Å². The molecule has 0 saturated heterocycles. The molecule has 0 radical (unpaired) electrons. The van der Waals surface area contributed by atoms with E-state index in [0.717, 1.165) is 34.4 Å². The molecule has 0 fully saturated rings. The second kappa shape index (κ2) is 35.5. The molecule has 24 nitrogen and oxygen atoms in total. The number of carbonyl (C=O) groups is 6. The summed E-state index contributed by atoms with van der Waals surface area (Å²) in [5.74, 6) is -2.12. The summed E-state index contributed by atoms with van der Waals surface area (Å²) in [6.45, 7) is 12.6. The molecule has 2 aliphatic rings. The lowest BCUT2D eigenvalue weighted by molar-refractivity contribution is -0.137. The summed E-state index contributed by atoms with van der Waals surface area (Å²) in [5, 5.41) is 19.2. The van der Waals surface area contributed by atoms with Gasteiger partial charge in [-0.25, -0.2) is 45.2 Å². The topological polar surface area (TPSA) is 385 Å². The first-order valence-electron chi connectivity index (χ1n) is 33.3. The van der Waals surface area contributed by atoms with Gasteiger partial charge < -0.3 is 53.0 Å². The minimum absolute atomic E-state index is 0.0284. The summed E-state index contributed by atoms with van der Waals surface area (Å²) in [6.07, 6.45) is 6.17. The number of aliphatic carboxylic acids is 1. The lowest BCUT2D eigenvalue weighted by atomic mass is 9.94. The number of Topliss-reactive ketones (excluding diaryl/α,β-unsaturated/α-hetero) is 1. The van der Waals surface area contributed by atoms with Crippen molar-refractivity contribution in [1.82, 2.24) is 31.2 Å². The zero-order chi connectivity index (χ0) is 76.1. The van der Waals surface area contributed by atoms with Crippen molar-refractivity contribution in [2.45, 2.75) is 120 Å². The number of aromatic nitrogens is 2. The number of pyridine rings is 2. The summed E-state index contributed by atoms with van der Waals surface area (Å²) >= 11 is 0. The molecule has 103 heavy (non-hydrogen) atoms. The van der Waals surface area contributed by atoms with E-state index in [1.807, 2.05) is 12.1 Å². The van der Waals surface area contributed by atoms with Crippen LogP contribution in [0.1, 0.15) is 119 Å². The maximum atomic E-state index is 15.5. The first-order valence-corrected chi connectivity index (χ1v) is 35.6. The van der Waals surface area contributed by atoms with Gasteiger partial charge in [0.15, 0.2) is 0 Å². The number of alkyl halides is 1. The minimum atomic E-state index is -4.18. The van der Waals surface area contributed by atoms with Crippen LogP contribution in [-0.2, 0) is 58.4 Å². The smallest absolute Gasteiger partial charge is 0.407 e. The van der Waals surface area contributed by atoms with Crippen molar-refractivity contribution < 1.29 is 74.7 Å². The van der Waals surface area contributed by atoms with E-state index >= 15 is 8.78 Å². The average Bonchev–Trinajstić information content (AvgIpc) is 0.789. The number of amides is 4. The molecule has 4 amide bonds. The summed E-state index contributed by atoms with van der Waals surface area (Å²) in [7, 11) is -9.21. The molecule has 0 bridgehead atoms. The Morgan fingerprint density at radius 3 is 1.41 bits per heavy atom. The molecule has 0 unspecified atom stereocenters. The van der Waals surface area contributed by atoms with E-state index in [2.05, 4.69) is 40.7 Å². The number of fused-ring (bicyclic) bond motifs is 2. The number of rotatable bonds is 22. The molecule has 0 saturated carbocycles. The second-order valence-corrected chi connectivity index (χ2v) is 29.1.